The first-order valence-corrected chi connectivity index (χ1v) is 4.69. The molecule has 2 heteroatoms. The van der Waals surface area contributed by atoms with Crippen molar-refractivity contribution in [2.45, 2.75) is 19.4 Å². The number of hydrogen-bond donors (Lipinski definition) is 0. The molecule has 1 aliphatic rings. The van der Waals surface area contributed by atoms with Gasteiger partial charge in [0, 0.05) is 12.5 Å². The highest BCUT2D eigenvalue weighted by atomic mass is 16.5. The van der Waals surface area contributed by atoms with Crippen molar-refractivity contribution in [3.63, 3.8) is 0 Å². The number of ether oxygens (including phenoxy) is 2. The average Bonchev–Trinajstić information content (AvgIpc) is 2.59. The predicted octanol–water partition coefficient (Wildman–Crippen LogP) is 2.57. The molecule has 0 saturated carbocycles. The van der Waals surface area contributed by atoms with Crippen molar-refractivity contribution in [1.29, 1.82) is 0 Å². The number of rotatable bonds is 2. The fourth-order valence-electron chi connectivity index (χ4n) is 1.61. The zero-order valence-electron chi connectivity index (χ0n) is 8.54. The quantitative estimate of drug-likeness (QED) is 0.667. The van der Waals surface area contributed by atoms with Crippen LogP contribution in [0.4, 0.5) is 0 Å². The molecule has 2 nitrogen and oxygen atoms in total. The highest BCUT2D eigenvalue weighted by Gasteiger charge is 2.23. The molecule has 1 aromatic carbocycles. The molecular formula is C12H14O2. The Hall–Kier alpha value is -1.44. The maximum Gasteiger partial charge on any atom is 0.127 e. The molecule has 2 rings (SSSR count). The van der Waals surface area contributed by atoms with Crippen molar-refractivity contribution in [3.8, 4) is 11.5 Å². The summed E-state index contributed by atoms with van der Waals surface area (Å²) in [5.41, 5.74) is 2.30. The van der Waals surface area contributed by atoms with Crippen LogP contribution in [0.3, 0.4) is 0 Å². The summed E-state index contributed by atoms with van der Waals surface area (Å²) >= 11 is 0. The van der Waals surface area contributed by atoms with E-state index in [1.165, 1.54) is 5.56 Å². The van der Waals surface area contributed by atoms with Crippen LogP contribution in [0.1, 0.15) is 12.5 Å². The Labute approximate surface area is 84.2 Å². The second-order valence-electron chi connectivity index (χ2n) is 3.63. The third kappa shape index (κ3) is 1.48. The van der Waals surface area contributed by atoms with Gasteiger partial charge in [0.2, 0.25) is 0 Å². The number of methoxy groups -OCH3 is 1. The molecule has 0 amide bonds. The molecule has 0 bridgehead atoms. The third-order valence-corrected chi connectivity index (χ3v) is 2.50. The monoisotopic (exact) mass is 190 g/mol. The summed E-state index contributed by atoms with van der Waals surface area (Å²) in [6.07, 6.45) is 1.06. The molecule has 1 unspecified atom stereocenters. The fraction of sp³-hybridized carbons (Fsp3) is 0.333. The lowest BCUT2D eigenvalue weighted by Gasteiger charge is -2.09. The van der Waals surface area contributed by atoms with E-state index >= 15 is 0 Å². The van der Waals surface area contributed by atoms with Gasteiger partial charge in [-0.05, 0) is 24.1 Å². The van der Waals surface area contributed by atoms with E-state index in [1.54, 1.807) is 7.11 Å². The molecule has 74 valence electrons. The van der Waals surface area contributed by atoms with E-state index in [9.17, 15) is 0 Å². The SMILES string of the molecule is C=C(C)C1Cc2ccc(OC)cc2O1. The third-order valence-electron chi connectivity index (χ3n) is 2.50. The molecule has 0 aromatic heterocycles. The Kier molecular flexibility index (Phi) is 2.20. The van der Waals surface area contributed by atoms with E-state index < -0.39 is 0 Å². The smallest absolute Gasteiger partial charge is 0.127 e. The molecule has 1 aromatic rings. The van der Waals surface area contributed by atoms with Gasteiger partial charge in [0.1, 0.15) is 17.6 Å². The lowest BCUT2D eigenvalue weighted by molar-refractivity contribution is 0.270. The molecule has 1 heterocycles. The first-order chi connectivity index (χ1) is 6.70. The van der Waals surface area contributed by atoms with Gasteiger partial charge in [-0.15, -0.1) is 0 Å². The van der Waals surface area contributed by atoms with E-state index in [2.05, 4.69) is 12.6 Å². The molecule has 1 atom stereocenters. The first kappa shape index (κ1) is 9.13. The normalized spacial score (nSPS) is 18.6. The molecule has 0 radical (unpaired) electrons. The van der Waals surface area contributed by atoms with Crippen molar-refractivity contribution in [1.82, 2.24) is 0 Å². The van der Waals surface area contributed by atoms with Crippen LogP contribution in [0.5, 0.6) is 11.5 Å². The van der Waals surface area contributed by atoms with E-state index in [4.69, 9.17) is 9.47 Å². The maximum absolute atomic E-state index is 5.73. The number of benzene rings is 1. The predicted molar refractivity (Wildman–Crippen MR) is 55.9 cm³/mol. The van der Waals surface area contributed by atoms with Crippen molar-refractivity contribution < 1.29 is 9.47 Å². The summed E-state index contributed by atoms with van der Waals surface area (Å²) in [6, 6.07) is 5.94. The van der Waals surface area contributed by atoms with Crippen LogP contribution >= 0.6 is 0 Å². The zero-order chi connectivity index (χ0) is 10.1. The van der Waals surface area contributed by atoms with E-state index in [0.29, 0.717) is 0 Å². The van der Waals surface area contributed by atoms with Crippen molar-refractivity contribution in [2.24, 2.45) is 0 Å². The lowest BCUT2D eigenvalue weighted by atomic mass is 10.1. The number of hydrogen-bond acceptors (Lipinski definition) is 2. The lowest BCUT2D eigenvalue weighted by Crippen LogP contribution is -2.13. The molecule has 0 saturated heterocycles. The maximum atomic E-state index is 5.73. The first-order valence-electron chi connectivity index (χ1n) is 4.69. The van der Waals surface area contributed by atoms with Gasteiger partial charge in [-0.25, -0.2) is 0 Å². The Morgan fingerprint density at radius 2 is 2.36 bits per heavy atom. The summed E-state index contributed by atoms with van der Waals surface area (Å²) in [4.78, 5) is 0. The van der Waals surface area contributed by atoms with Gasteiger partial charge < -0.3 is 9.47 Å². The van der Waals surface area contributed by atoms with E-state index in [0.717, 1.165) is 23.5 Å². The summed E-state index contributed by atoms with van der Waals surface area (Å²) in [7, 11) is 1.66. The molecule has 0 fully saturated rings. The zero-order valence-corrected chi connectivity index (χ0v) is 8.54. The van der Waals surface area contributed by atoms with Crippen LogP contribution in [0.15, 0.2) is 30.4 Å². The van der Waals surface area contributed by atoms with Gasteiger partial charge in [-0.1, -0.05) is 12.6 Å². The molecule has 0 aliphatic carbocycles. The van der Waals surface area contributed by atoms with Gasteiger partial charge in [0.25, 0.3) is 0 Å². The minimum Gasteiger partial charge on any atom is -0.497 e. The Bertz CT molecular complexity index is 369. The number of fused-ring (bicyclic) bond motifs is 1. The van der Waals surface area contributed by atoms with Gasteiger partial charge in [0.05, 0.1) is 7.11 Å². The highest BCUT2D eigenvalue weighted by Crippen LogP contribution is 2.33. The van der Waals surface area contributed by atoms with E-state index in [-0.39, 0.29) is 6.10 Å². The molecular weight excluding hydrogens is 176 g/mol. The van der Waals surface area contributed by atoms with Crippen LogP contribution < -0.4 is 9.47 Å². The van der Waals surface area contributed by atoms with Crippen LogP contribution in [0, 0.1) is 0 Å². The highest BCUT2D eigenvalue weighted by molar-refractivity contribution is 5.44. The standard InChI is InChI=1S/C12H14O2/c1-8(2)11-6-9-4-5-10(13-3)7-12(9)14-11/h4-5,7,11H,1,6H2,2-3H3. The van der Waals surface area contributed by atoms with Gasteiger partial charge in [0.15, 0.2) is 0 Å². The minimum atomic E-state index is 0.136. The van der Waals surface area contributed by atoms with Crippen LogP contribution in [-0.4, -0.2) is 13.2 Å². The Morgan fingerprint density at radius 3 is 3.00 bits per heavy atom. The van der Waals surface area contributed by atoms with Crippen LogP contribution in [0.2, 0.25) is 0 Å². The summed E-state index contributed by atoms with van der Waals surface area (Å²) in [5, 5.41) is 0. The summed E-state index contributed by atoms with van der Waals surface area (Å²) in [6.45, 7) is 5.90. The fourth-order valence-corrected chi connectivity index (χ4v) is 1.61. The largest absolute Gasteiger partial charge is 0.497 e. The van der Waals surface area contributed by atoms with Gasteiger partial charge >= 0.3 is 0 Å². The van der Waals surface area contributed by atoms with Gasteiger partial charge in [-0.2, -0.15) is 0 Å². The van der Waals surface area contributed by atoms with Gasteiger partial charge in [-0.3, -0.25) is 0 Å². The topological polar surface area (TPSA) is 18.5 Å². The Balaban J connectivity index is 2.27. The molecule has 0 spiro atoms. The van der Waals surface area contributed by atoms with Crippen LogP contribution in [0.25, 0.3) is 0 Å². The van der Waals surface area contributed by atoms with Crippen molar-refractivity contribution in [2.75, 3.05) is 7.11 Å². The van der Waals surface area contributed by atoms with Crippen molar-refractivity contribution >= 4 is 0 Å². The summed E-state index contributed by atoms with van der Waals surface area (Å²) in [5.74, 6) is 1.77. The van der Waals surface area contributed by atoms with Crippen LogP contribution in [-0.2, 0) is 6.42 Å². The average molecular weight is 190 g/mol. The minimum absolute atomic E-state index is 0.136. The molecule has 14 heavy (non-hydrogen) atoms. The molecule has 0 N–H and O–H groups in total. The Morgan fingerprint density at radius 1 is 1.57 bits per heavy atom. The second kappa shape index (κ2) is 3.37. The summed E-state index contributed by atoms with van der Waals surface area (Å²) < 4.78 is 10.9. The molecule has 1 aliphatic heterocycles. The second-order valence-corrected chi connectivity index (χ2v) is 3.63. The van der Waals surface area contributed by atoms with Crippen molar-refractivity contribution in [3.05, 3.63) is 35.9 Å². The van der Waals surface area contributed by atoms with E-state index in [1.807, 2.05) is 19.1 Å².